The van der Waals surface area contributed by atoms with Gasteiger partial charge >= 0.3 is 6.09 Å². The van der Waals surface area contributed by atoms with Crippen molar-refractivity contribution < 1.29 is 19.9 Å². The molecule has 1 fully saturated rings. The molecule has 0 aliphatic carbocycles. The van der Waals surface area contributed by atoms with Gasteiger partial charge in [-0.3, -0.25) is 15.0 Å². The first kappa shape index (κ1) is 17.4. The van der Waals surface area contributed by atoms with Crippen molar-refractivity contribution in [3.05, 3.63) is 28.3 Å². The first-order chi connectivity index (χ1) is 11.0. The molecule has 1 amide bonds. The number of aliphatic hydroxyl groups is 1. The number of thioether (sulfide) groups is 1. The van der Waals surface area contributed by atoms with Gasteiger partial charge in [0.2, 0.25) is 0 Å². The molecule has 9 heteroatoms. The summed E-state index contributed by atoms with van der Waals surface area (Å²) in [5.74, 6) is 0.458. The molecule has 0 saturated carbocycles. The molecular formula is C14H19N3O5S. The number of hydrogen-bond acceptors (Lipinski definition) is 6. The normalized spacial score (nSPS) is 17.8. The number of nitrogens with zero attached hydrogens (tertiary/aromatic N) is 2. The van der Waals surface area contributed by atoms with Crippen molar-refractivity contribution in [3.63, 3.8) is 0 Å². The second-order valence-corrected chi connectivity index (χ2v) is 6.28. The SMILES string of the molecule is O=C(O)N1CCCCC1Nc1cc([N+](=O)[O-])ccc1SCCO. The van der Waals surface area contributed by atoms with Gasteiger partial charge in [-0.15, -0.1) is 11.8 Å². The van der Waals surface area contributed by atoms with Crippen LogP contribution >= 0.6 is 11.8 Å². The second-order valence-electron chi connectivity index (χ2n) is 5.14. The van der Waals surface area contributed by atoms with Gasteiger partial charge in [-0.2, -0.15) is 0 Å². The Morgan fingerprint density at radius 3 is 2.91 bits per heavy atom. The number of nitro benzene ring substituents is 1. The molecule has 1 aromatic rings. The van der Waals surface area contributed by atoms with Crippen LogP contribution in [0.25, 0.3) is 0 Å². The summed E-state index contributed by atoms with van der Waals surface area (Å²) < 4.78 is 0. The van der Waals surface area contributed by atoms with Crippen molar-refractivity contribution in [2.45, 2.75) is 30.3 Å². The average molecular weight is 341 g/mol. The number of anilines is 1. The molecule has 126 valence electrons. The van der Waals surface area contributed by atoms with Crippen LogP contribution in [0.2, 0.25) is 0 Å². The highest BCUT2D eigenvalue weighted by Crippen LogP contribution is 2.32. The highest BCUT2D eigenvalue weighted by Gasteiger charge is 2.27. The van der Waals surface area contributed by atoms with Crippen LogP contribution in [-0.4, -0.2) is 51.2 Å². The number of likely N-dealkylation sites (tertiary alicyclic amines) is 1. The molecule has 0 spiro atoms. The van der Waals surface area contributed by atoms with Crippen LogP contribution in [0.3, 0.4) is 0 Å². The minimum Gasteiger partial charge on any atom is -0.465 e. The lowest BCUT2D eigenvalue weighted by Gasteiger charge is -2.35. The Morgan fingerprint density at radius 1 is 1.48 bits per heavy atom. The van der Waals surface area contributed by atoms with E-state index in [-0.39, 0.29) is 12.3 Å². The van der Waals surface area contributed by atoms with E-state index in [1.807, 2.05) is 0 Å². The van der Waals surface area contributed by atoms with Crippen molar-refractivity contribution in [1.82, 2.24) is 4.90 Å². The predicted molar refractivity (Wildman–Crippen MR) is 86.9 cm³/mol. The van der Waals surface area contributed by atoms with Crippen molar-refractivity contribution in [2.75, 3.05) is 24.2 Å². The van der Waals surface area contributed by atoms with Gasteiger partial charge in [0.25, 0.3) is 5.69 Å². The number of non-ortho nitro benzene ring substituents is 1. The number of piperidine rings is 1. The Balaban J connectivity index is 2.25. The van der Waals surface area contributed by atoms with E-state index >= 15 is 0 Å². The number of carboxylic acid groups (broad SMARTS) is 1. The molecule has 0 bridgehead atoms. The highest BCUT2D eigenvalue weighted by molar-refractivity contribution is 7.99. The van der Waals surface area contributed by atoms with Gasteiger partial charge < -0.3 is 15.5 Å². The van der Waals surface area contributed by atoms with Crippen LogP contribution < -0.4 is 5.32 Å². The summed E-state index contributed by atoms with van der Waals surface area (Å²) in [7, 11) is 0. The summed E-state index contributed by atoms with van der Waals surface area (Å²) in [6, 6.07) is 4.43. The number of nitrogens with one attached hydrogen (secondary N) is 1. The molecule has 1 unspecified atom stereocenters. The van der Waals surface area contributed by atoms with Crippen molar-refractivity contribution in [1.29, 1.82) is 0 Å². The summed E-state index contributed by atoms with van der Waals surface area (Å²) in [5, 5.41) is 32.3. The van der Waals surface area contributed by atoms with Gasteiger partial charge in [-0.05, 0) is 25.3 Å². The monoisotopic (exact) mass is 341 g/mol. The Labute approximate surface area is 137 Å². The summed E-state index contributed by atoms with van der Waals surface area (Å²) in [5.41, 5.74) is 0.467. The van der Waals surface area contributed by atoms with Gasteiger partial charge in [0, 0.05) is 29.3 Å². The minimum atomic E-state index is -1.00. The molecule has 1 heterocycles. The number of aliphatic hydroxyl groups excluding tert-OH is 1. The molecule has 0 aromatic heterocycles. The molecule has 2 rings (SSSR count). The van der Waals surface area contributed by atoms with Crippen LogP contribution in [0.5, 0.6) is 0 Å². The van der Waals surface area contributed by atoms with E-state index in [4.69, 9.17) is 5.11 Å². The van der Waals surface area contributed by atoms with E-state index < -0.39 is 17.2 Å². The van der Waals surface area contributed by atoms with Gasteiger partial charge in [0.05, 0.1) is 17.2 Å². The zero-order valence-electron chi connectivity index (χ0n) is 12.5. The van der Waals surface area contributed by atoms with Crippen LogP contribution in [0.4, 0.5) is 16.2 Å². The lowest BCUT2D eigenvalue weighted by atomic mass is 10.1. The molecular weight excluding hydrogens is 322 g/mol. The minimum absolute atomic E-state index is 0.00816. The Morgan fingerprint density at radius 2 is 2.26 bits per heavy atom. The number of amides is 1. The van der Waals surface area contributed by atoms with Crippen molar-refractivity contribution >= 4 is 29.2 Å². The number of nitro groups is 1. The van der Waals surface area contributed by atoms with Gasteiger partial charge in [0.1, 0.15) is 6.17 Å². The Bertz CT molecular complexity index is 584. The fourth-order valence-electron chi connectivity index (χ4n) is 2.52. The molecule has 23 heavy (non-hydrogen) atoms. The number of rotatable bonds is 6. The summed E-state index contributed by atoms with van der Waals surface area (Å²) >= 11 is 1.36. The maximum Gasteiger partial charge on any atom is 0.408 e. The third kappa shape index (κ3) is 4.49. The zero-order valence-corrected chi connectivity index (χ0v) is 13.3. The smallest absolute Gasteiger partial charge is 0.408 e. The summed E-state index contributed by atoms with van der Waals surface area (Å²) in [6.45, 7) is 0.437. The summed E-state index contributed by atoms with van der Waals surface area (Å²) in [4.78, 5) is 23.9. The zero-order chi connectivity index (χ0) is 16.8. The Hall–Kier alpha value is -2.00. The van der Waals surface area contributed by atoms with Gasteiger partial charge in [-0.1, -0.05) is 0 Å². The van der Waals surface area contributed by atoms with Crippen LogP contribution in [-0.2, 0) is 0 Å². The standard InChI is InChI=1S/C14H19N3O5S/c18-7-8-23-12-5-4-10(17(21)22)9-11(12)15-13-3-1-2-6-16(13)14(19)20/h4-5,9,13,15,18H,1-3,6-8H2,(H,19,20). The van der Waals surface area contributed by atoms with Crippen LogP contribution in [0.15, 0.2) is 23.1 Å². The van der Waals surface area contributed by atoms with E-state index in [1.54, 1.807) is 6.07 Å². The first-order valence-corrected chi connectivity index (χ1v) is 8.29. The van der Waals surface area contributed by atoms with Crippen molar-refractivity contribution in [3.8, 4) is 0 Å². The molecule has 1 aliphatic rings. The van der Waals surface area contributed by atoms with Crippen molar-refractivity contribution in [2.24, 2.45) is 0 Å². The molecule has 0 radical (unpaired) electrons. The largest absolute Gasteiger partial charge is 0.465 e. The first-order valence-electron chi connectivity index (χ1n) is 7.31. The maximum absolute atomic E-state index is 11.3. The Kier molecular flexibility index (Phi) is 6.05. The van der Waals surface area contributed by atoms with Gasteiger partial charge in [-0.25, -0.2) is 4.79 Å². The van der Waals surface area contributed by atoms with E-state index in [9.17, 15) is 20.0 Å². The predicted octanol–water partition coefficient (Wildman–Crippen LogP) is 2.58. The number of hydrogen-bond donors (Lipinski definition) is 3. The molecule has 1 atom stereocenters. The third-order valence-electron chi connectivity index (χ3n) is 3.59. The van der Waals surface area contributed by atoms with E-state index in [0.717, 1.165) is 17.7 Å². The van der Waals surface area contributed by atoms with Gasteiger partial charge in [0.15, 0.2) is 0 Å². The molecule has 1 aliphatic heterocycles. The third-order valence-corrected chi connectivity index (χ3v) is 4.65. The fourth-order valence-corrected chi connectivity index (χ4v) is 3.26. The highest BCUT2D eigenvalue weighted by atomic mass is 32.2. The summed E-state index contributed by atoms with van der Waals surface area (Å²) in [6.07, 6.45) is 0.953. The van der Waals surface area contributed by atoms with Crippen LogP contribution in [0, 0.1) is 10.1 Å². The topological polar surface area (TPSA) is 116 Å². The molecule has 1 saturated heterocycles. The number of benzene rings is 1. The lowest BCUT2D eigenvalue weighted by Crippen LogP contribution is -2.47. The van der Waals surface area contributed by atoms with E-state index in [1.165, 1.54) is 28.8 Å². The second kappa shape index (κ2) is 8.02. The maximum atomic E-state index is 11.3. The quantitative estimate of drug-likeness (QED) is 0.414. The fraction of sp³-hybridized carbons (Fsp3) is 0.500. The lowest BCUT2D eigenvalue weighted by molar-refractivity contribution is -0.384. The number of carbonyl (C=O) groups is 1. The average Bonchev–Trinajstić information content (AvgIpc) is 2.53. The van der Waals surface area contributed by atoms with Crippen LogP contribution in [0.1, 0.15) is 19.3 Å². The van der Waals surface area contributed by atoms with E-state index in [0.29, 0.717) is 24.4 Å². The molecule has 3 N–H and O–H groups in total. The molecule has 1 aromatic carbocycles. The molecule has 8 nitrogen and oxygen atoms in total. The van der Waals surface area contributed by atoms with E-state index in [2.05, 4.69) is 5.32 Å².